The van der Waals surface area contributed by atoms with Gasteiger partial charge in [0.25, 0.3) is 0 Å². The number of aryl methyl sites for hydroxylation is 2. The van der Waals surface area contributed by atoms with Crippen LogP contribution in [0.15, 0.2) is 18.2 Å². The summed E-state index contributed by atoms with van der Waals surface area (Å²) in [5.74, 6) is 1.11. The number of rotatable bonds is 43. The fourth-order valence-corrected chi connectivity index (χ4v) is 5.67. The van der Waals surface area contributed by atoms with Crippen molar-refractivity contribution in [2.45, 2.75) is 117 Å². The fourth-order valence-electron chi connectivity index (χ4n) is 5.67. The lowest BCUT2D eigenvalue weighted by Crippen LogP contribution is -2.15. The maximum Gasteiger partial charge on any atom is 0.125 e. The normalized spacial score (nSPS) is 11.5. The van der Waals surface area contributed by atoms with Crippen molar-refractivity contribution in [3.63, 3.8) is 0 Å². The lowest BCUT2D eigenvalue weighted by atomic mass is 9.98. The zero-order chi connectivity index (χ0) is 37.3. The van der Waals surface area contributed by atoms with Crippen molar-refractivity contribution in [2.75, 3.05) is 119 Å². The Hall–Kier alpha value is -1.34. The predicted molar refractivity (Wildman–Crippen MR) is 209 cm³/mol. The highest BCUT2D eigenvalue weighted by molar-refractivity contribution is 5.42. The van der Waals surface area contributed by atoms with Crippen LogP contribution < -0.4 is 4.74 Å². The maximum absolute atomic E-state index is 8.62. The van der Waals surface area contributed by atoms with Crippen molar-refractivity contribution >= 4 is 0 Å². The summed E-state index contributed by atoms with van der Waals surface area (Å²) in [5, 5.41) is 8.62. The lowest BCUT2D eigenvalue weighted by Gasteiger charge is -2.17. The summed E-state index contributed by atoms with van der Waals surface area (Å²) >= 11 is 0. The first-order valence-electron chi connectivity index (χ1n) is 20.8. The van der Waals surface area contributed by atoms with Gasteiger partial charge >= 0.3 is 0 Å². The van der Waals surface area contributed by atoms with E-state index in [-0.39, 0.29) is 6.61 Å². The van der Waals surface area contributed by atoms with Gasteiger partial charge < -0.3 is 47.7 Å². The average Bonchev–Trinajstić information content (AvgIpc) is 3.16. The van der Waals surface area contributed by atoms with Gasteiger partial charge in [0.05, 0.1) is 112 Å². The molecule has 0 unspecified atom stereocenters. The molecule has 0 saturated carbocycles. The Kier molecular flexibility index (Phi) is 38.2. The van der Waals surface area contributed by atoms with Gasteiger partial charge in [-0.2, -0.15) is 0 Å². The molecule has 10 heteroatoms. The molecule has 0 radical (unpaired) electrons. The Balaban J connectivity index is 2.07. The first kappa shape index (κ1) is 48.7. The molecule has 0 aliphatic heterocycles. The van der Waals surface area contributed by atoms with E-state index in [4.69, 9.17) is 47.7 Å². The quantitative estimate of drug-likeness (QED) is 0.0668. The van der Waals surface area contributed by atoms with Crippen LogP contribution in [-0.2, 0) is 50.7 Å². The van der Waals surface area contributed by atoms with Crippen LogP contribution in [-0.4, -0.2) is 124 Å². The van der Waals surface area contributed by atoms with E-state index in [1.165, 1.54) is 101 Å². The molecule has 1 N–H and O–H groups in total. The number of hydrogen-bond donors (Lipinski definition) is 1. The van der Waals surface area contributed by atoms with Gasteiger partial charge in [-0.3, -0.25) is 0 Å². The van der Waals surface area contributed by atoms with E-state index in [0.29, 0.717) is 112 Å². The van der Waals surface area contributed by atoms with E-state index in [9.17, 15) is 0 Å². The van der Waals surface area contributed by atoms with Gasteiger partial charge in [-0.1, -0.05) is 109 Å². The summed E-state index contributed by atoms with van der Waals surface area (Å²) in [7, 11) is 0. The number of aliphatic hydroxyl groups is 1. The topological polar surface area (TPSA) is 103 Å². The average molecular weight is 743 g/mol. The zero-order valence-electron chi connectivity index (χ0n) is 33.4. The van der Waals surface area contributed by atoms with Crippen molar-refractivity contribution in [1.29, 1.82) is 0 Å². The molecule has 0 amide bonds. The van der Waals surface area contributed by atoms with Crippen molar-refractivity contribution in [3.8, 4) is 5.75 Å². The Bertz CT molecular complexity index is 807. The molecule has 0 heterocycles. The Morgan fingerprint density at radius 1 is 0.365 bits per heavy atom. The Labute approximate surface area is 317 Å². The third kappa shape index (κ3) is 32.1. The molecular formula is C42H78O10. The minimum Gasteiger partial charge on any atom is -0.491 e. The van der Waals surface area contributed by atoms with E-state index >= 15 is 0 Å². The van der Waals surface area contributed by atoms with Crippen molar-refractivity contribution in [3.05, 3.63) is 29.3 Å². The summed E-state index contributed by atoms with van der Waals surface area (Å²) in [5.41, 5.74) is 2.71. The molecule has 0 aliphatic rings. The number of hydrogen-bond acceptors (Lipinski definition) is 10. The van der Waals surface area contributed by atoms with Crippen LogP contribution in [0.5, 0.6) is 5.75 Å². The largest absolute Gasteiger partial charge is 0.491 e. The van der Waals surface area contributed by atoms with Crippen LogP contribution >= 0.6 is 0 Å². The predicted octanol–water partition coefficient (Wildman–Crippen LogP) is 7.78. The smallest absolute Gasteiger partial charge is 0.125 e. The van der Waals surface area contributed by atoms with E-state index in [1.807, 2.05) is 0 Å². The van der Waals surface area contributed by atoms with Crippen molar-refractivity contribution in [1.82, 2.24) is 0 Å². The van der Waals surface area contributed by atoms with Crippen molar-refractivity contribution < 1.29 is 47.7 Å². The molecule has 306 valence electrons. The summed E-state index contributed by atoms with van der Waals surface area (Å²) in [6.07, 6.45) is 20.7. The highest BCUT2D eigenvalue weighted by Gasteiger charge is 2.10. The van der Waals surface area contributed by atoms with E-state index in [2.05, 4.69) is 32.0 Å². The summed E-state index contributed by atoms with van der Waals surface area (Å²) in [6.45, 7) is 13.2. The van der Waals surface area contributed by atoms with Gasteiger partial charge in [-0.25, -0.2) is 0 Å². The van der Waals surface area contributed by atoms with Crippen LogP contribution in [0, 0.1) is 0 Å². The van der Waals surface area contributed by atoms with Gasteiger partial charge in [0, 0.05) is 0 Å². The summed E-state index contributed by atoms with van der Waals surface area (Å²) in [4.78, 5) is 0. The molecule has 52 heavy (non-hydrogen) atoms. The van der Waals surface area contributed by atoms with Crippen LogP contribution in [0.25, 0.3) is 0 Å². The molecule has 0 bridgehead atoms. The molecule has 0 aliphatic carbocycles. The molecule has 1 aromatic rings. The number of benzene rings is 1. The Morgan fingerprint density at radius 2 is 0.654 bits per heavy atom. The fraction of sp³-hybridized carbons (Fsp3) is 0.857. The first-order valence-corrected chi connectivity index (χ1v) is 20.8. The SMILES string of the molecule is CCCCCCCCCc1cccc(CCCCCCCCC)c1OCCOCCOCCOCCOCCOCCOCCOCCOCCO. The lowest BCUT2D eigenvalue weighted by molar-refractivity contribution is -0.0242. The van der Waals surface area contributed by atoms with Gasteiger partial charge in [-0.05, 0) is 36.8 Å². The molecule has 0 spiro atoms. The third-order valence-electron chi connectivity index (χ3n) is 8.59. The van der Waals surface area contributed by atoms with Crippen LogP contribution in [0.2, 0.25) is 0 Å². The second kappa shape index (κ2) is 40.8. The summed E-state index contributed by atoms with van der Waals surface area (Å²) in [6, 6.07) is 6.75. The van der Waals surface area contributed by atoms with Gasteiger partial charge in [0.2, 0.25) is 0 Å². The maximum atomic E-state index is 8.62. The van der Waals surface area contributed by atoms with Crippen molar-refractivity contribution in [2.24, 2.45) is 0 Å². The molecule has 1 rings (SSSR count). The molecule has 0 fully saturated rings. The minimum atomic E-state index is 0.0299. The first-order chi connectivity index (χ1) is 25.8. The van der Waals surface area contributed by atoms with E-state index < -0.39 is 0 Å². The van der Waals surface area contributed by atoms with Crippen LogP contribution in [0.1, 0.15) is 115 Å². The molecule has 10 nitrogen and oxygen atoms in total. The van der Waals surface area contributed by atoms with E-state index in [1.54, 1.807) is 0 Å². The zero-order valence-corrected chi connectivity index (χ0v) is 33.4. The molecule has 1 aromatic carbocycles. The number of para-hydroxylation sites is 1. The molecule has 0 saturated heterocycles. The highest BCUT2D eigenvalue weighted by atomic mass is 16.6. The number of aliphatic hydroxyl groups excluding tert-OH is 1. The molecule has 0 atom stereocenters. The van der Waals surface area contributed by atoms with E-state index in [0.717, 1.165) is 18.6 Å². The Morgan fingerprint density at radius 3 is 0.981 bits per heavy atom. The second-order valence-electron chi connectivity index (χ2n) is 13.1. The van der Waals surface area contributed by atoms with Gasteiger partial charge in [0.15, 0.2) is 0 Å². The molecular weight excluding hydrogens is 664 g/mol. The van der Waals surface area contributed by atoms with Crippen LogP contribution in [0.4, 0.5) is 0 Å². The second-order valence-corrected chi connectivity index (χ2v) is 13.1. The number of ether oxygens (including phenoxy) is 9. The molecule has 0 aromatic heterocycles. The highest BCUT2D eigenvalue weighted by Crippen LogP contribution is 2.28. The standard InChI is InChI=1S/C42H78O10/c1-3-5-7-9-11-13-15-18-40-20-17-21-41(19-16-14-12-10-8-6-4-2)42(40)52-39-38-51-37-36-50-35-34-49-33-32-48-31-30-47-29-28-46-27-26-45-25-24-44-23-22-43/h17,20-21,43H,3-16,18-19,22-39H2,1-2H3. The monoisotopic (exact) mass is 743 g/mol. The van der Waals surface area contributed by atoms with Gasteiger partial charge in [0.1, 0.15) is 12.4 Å². The van der Waals surface area contributed by atoms with Crippen LogP contribution in [0.3, 0.4) is 0 Å². The number of unbranched alkanes of at least 4 members (excludes halogenated alkanes) is 12. The summed E-state index contributed by atoms with van der Waals surface area (Å²) < 4.78 is 50.4. The van der Waals surface area contributed by atoms with Gasteiger partial charge in [-0.15, -0.1) is 0 Å². The third-order valence-corrected chi connectivity index (χ3v) is 8.59. The minimum absolute atomic E-state index is 0.0299.